The van der Waals surface area contributed by atoms with Crippen molar-refractivity contribution in [3.63, 3.8) is 0 Å². The lowest BCUT2D eigenvalue weighted by Crippen LogP contribution is -2.35. The second kappa shape index (κ2) is 7.54. The Labute approximate surface area is 133 Å². The van der Waals surface area contributed by atoms with E-state index in [0.29, 0.717) is 18.5 Å². The third kappa shape index (κ3) is 4.92. The lowest BCUT2D eigenvalue weighted by molar-refractivity contribution is -0.0505. The first-order chi connectivity index (χ1) is 9.95. The maximum Gasteiger partial charge on any atom is 0.387 e. The molecule has 0 radical (unpaired) electrons. The molecule has 1 saturated carbocycles. The van der Waals surface area contributed by atoms with E-state index in [9.17, 15) is 8.78 Å². The molecule has 2 nitrogen and oxygen atoms in total. The van der Waals surface area contributed by atoms with E-state index in [1.54, 1.807) is 12.1 Å². The van der Waals surface area contributed by atoms with Crippen LogP contribution in [0.1, 0.15) is 38.7 Å². The Kier molecular flexibility index (Phi) is 5.99. The average molecular weight is 362 g/mol. The predicted octanol–water partition coefficient (Wildman–Crippen LogP) is 4.96. The van der Waals surface area contributed by atoms with E-state index in [1.807, 2.05) is 6.07 Å². The maximum absolute atomic E-state index is 12.4. The summed E-state index contributed by atoms with van der Waals surface area (Å²) in [4.78, 5) is 0. The monoisotopic (exact) mass is 361 g/mol. The van der Waals surface area contributed by atoms with Gasteiger partial charge in [-0.2, -0.15) is 8.78 Å². The van der Waals surface area contributed by atoms with E-state index in [-0.39, 0.29) is 5.75 Å². The molecule has 118 valence electrons. The van der Waals surface area contributed by atoms with Gasteiger partial charge in [0.1, 0.15) is 5.75 Å². The largest absolute Gasteiger partial charge is 0.434 e. The van der Waals surface area contributed by atoms with Crippen LogP contribution in [0.3, 0.4) is 0 Å². The van der Waals surface area contributed by atoms with Crippen LogP contribution in [0.4, 0.5) is 8.78 Å². The van der Waals surface area contributed by atoms with E-state index in [2.05, 4.69) is 39.8 Å². The molecule has 0 aliphatic heterocycles. The molecule has 3 atom stereocenters. The van der Waals surface area contributed by atoms with Crippen LogP contribution >= 0.6 is 15.9 Å². The molecule has 1 aliphatic carbocycles. The van der Waals surface area contributed by atoms with Gasteiger partial charge in [-0.15, -0.1) is 0 Å². The molecule has 2 rings (SSSR count). The van der Waals surface area contributed by atoms with Crippen molar-refractivity contribution in [2.75, 3.05) is 0 Å². The van der Waals surface area contributed by atoms with E-state index >= 15 is 0 Å². The third-order valence-corrected chi connectivity index (χ3v) is 4.91. The zero-order valence-electron chi connectivity index (χ0n) is 12.4. The summed E-state index contributed by atoms with van der Waals surface area (Å²) in [5.41, 5.74) is 0.760. The Morgan fingerprint density at radius 3 is 2.71 bits per heavy atom. The normalized spacial score (nSPS) is 26.1. The van der Waals surface area contributed by atoms with Gasteiger partial charge >= 0.3 is 6.61 Å². The number of hydrogen-bond acceptors (Lipinski definition) is 2. The zero-order valence-corrected chi connectivity index (χ0v) is 14.0. The quantitative estimate of drug-likeness (QED) is 0.799. The van der Waals surface area contributed by atoms with Crippen LogP contribution < -0.4 is 10.1 Å². The van der Waals surface area contributed by atoms with Crippen molar-refractivity contribution < 1.29 is 13.5 Å². The van der Waals surface area contributed by atoms with Crippen molar-refractivity contribution >= 4 is 15.9 Å². The molecule has 0 saturated heterocycles. The lowest BCUT2D eigenvalue weighted by Gasteiger charge is -2.32. The molecule has 1 N–H and O–H groups in total. The number of alkyl halides is 2. The number of benzene rings is 1. The van der Waals surface area contributed by atoms with Gasteiger partial charge in [-0.1, -0.05) is 29.8 Å². The highest BCUT2D eigenvalue weighted by molar-refractivity contribution is 9.10. The van der Waals surface area contributed by atoms with Crippen LogP contribution in [-0.2, 0) is 6.54 Å². The Morgan fingerprint density at radius 1 is 1.29 bits per heavy atom. The molecule has 1 aliphatic rings. The van der Waals surface area contributed by atoms with Crippen molar-refractivity contribution in [1.82, 2.24) is 5.32 Å². The first kappa shape index (κ1) is 16.7. The highest BCUT2D eigenvalue weighted by Crippen LogP contribution is 2.30. The van der Waals surface area contributed by atoms with Gasteiger partial charge in [0.2, 0.25) is 0 Å². The van der Waals surface area contributed by atoms with Gasteiger partial charge in [0.05, 0.1) is 0 Å². The number of ether oxygens (including phenoxy) is 1. The van der Waals surface area contributed by atoms with Crippen molar-refractivity contribution in [1.29, 1.82) is 0 Å². The molecule has 0 heterocycles. The van der Waals surface area contributed by atoms with Gasteiger partial charge in [-0.25, -0.2) is 0 Å². The summed E-state index contributed by atoms with van der Waals surface area (Å²) < 4.78 is 30.3. The third-order valence-electron chi connectivity index (χ3n) is 4.42. The fourth-order valence-corrected chi connectivity index (χ4v) is 3.29. The summed E-state index contributed by atoms with van der Waals surface area (Å²) in [6, 6.07) is 5.58. The standard InChI is InChI=1S/C16H22BrF2NO/c1-10-3-5-14(7-11(10)2)20-9-12-8-13(17)4-6-15(12)21-16(18)19/h4,6,8,10-11,14,16,20H,3,5,7,9H2,1-2H3. The number of rotatable bonds is 5. The summed E-state index contributed by atoms with van der Waals surface area (Å²) >= 11 is 3.38. The first-order valence-corrected chi connectivity index (χ1v) is 8.21. The van der Waals surface area contributed by atoms with Crippen LogP contribution in [-0.4, -0.2) is 12.7 Å². The summed E-state index contributed by atoms with van der Waals surface area (Å²) in [6.45, 7) is 2.33. The van der Waals surface area contributed by atoms with E-state index in [0.717, 1.165) is 28.8 Å². The SMILES string of the molecule is CC1CCC(NCc2cc(Br)ccc2OC(F)F)CC1C. The van der Waals surface area contributed by atoms with Gasteiger partial charge in [-0.05, 0) is 49.3 Å². The van der Waals surface area contributed by atoms with Crippen LogP contribution in [0.5, 0.6) is 5.75 Å². The molecule has 1 aromatic carbocycles. The average Bonchev–Trinajstić information content (AvgIpc) is 2.42. The van der Waals surface area contributed by atoms with Crippen molar-refractivity contribution in [3.05, 3.63) is 28.2 Å². The molecule has 5 heteroatoms. The Bertz CT molecular complexity index is 470. The molecular weight excluding hydrogens is 340 g/mol. The second-order valence-corrected chi connectivity index (χ2v) is 6.89. The van der Waals surface area contributed by atoms with Crippen molar-refractivity contribution in [3.8, 4) is 5.75 Å². The van der Waals surface area contributed by atoms with Crippen molar-refractivity contribution in [2.45, 2.75) is 52.3 Å². The predicted molar refractivity (Wildman–Crippen MR) is 83.6 cm³/mol. The molecular formula is C16H22BrF2NO. The molecule has 3 unspecified atom stereocenters. The van der Waals surface area contributed by atoms with Crippen LogP contribution in [0, 0.1) is 11.8 Å². The minimum absolute atomic E-state index is 0.248. The lowest BCUT2D eigenvalue weighted by atomic mass is 9.79. The van der Waals surface area contributed by atoms with Crippen LogP contribution in [0.25, 0.3) is 0 Å². The van der Waals surface area contributed by atoms with E-state index in [4.69, 9.17) is 0 Å². The highest BCUT2D eigenvalue weighted by Gasteiger charge is 2.24. The number of halogens is 3. The summed E-state index contributed by atoms with van der Waals surface area (Å²) in [5, 5.41) is 3.48. The van der Waals surface area contributed by atoms with Crippen LogP contribution in [0.2, 0.25) is 0 Å². The zero-order chi connectivity index (χ0) is 15.4. The van der Waals surface area contributed by atoms with Crippen LogP contribution in [0.15, 0.2) is 22.7 Å². The molecule has 1 aromatic rings. The van der Waals surface area contributed by atoms with Gasteiger partial charge in [-0.3, -0.25) is 0 Å². The smallest absolute Gasteiger partial charge is 0.387 e. The van der Waals surface area contributed by atoms with E-state index < -0.39 is 6.61 Å². The summed E-state index contributed by atoms with van der Waals surface area (Å²) in [7, 11) is 0. The summed E-state index contributed by atoms with van der Waals surface area (Å²) in [6.07, 6.45) is 3.50. The summed E-state index contributed by atoms with van der Waals surface area (Å²) in [5.74, 6) is 1.72. The van der Waals surface area contributed by atoms with Gasteiger partial charge in [0, 0.05) is 22.6 Å². The molecule has 0 aromatic heterocycles. The molecule has 1 fully saturated rings. The molecule has 0 spiro atoms. The van der Waals surface area contributed by atoms with Gasteiger partial charge in [0.15, 0.2) is 0 Å². The number of nitrogens with one attached hydrogen (secondary N) is 1. The van der Waals surface area contributed by atoms with Gasteiger partial charge < -0.3 is 10.1 Å². The minimum Gasteiger partial charge on any atom is -0.434 e. The highest BCUT2D eigenvalue weighted by atomic mass is 79.9. The Balaban J connectivity index is 1.97. The fraction of sp³-hybridized carbons (Fsp3) is 0.625. The molecule has 0 amide bonds. The Morgan fingerprint density at radius 2 is 2.05 bits per heavy atom. The number of hydrogen-bond donors (Lipinski definition) is 1. The first-order valence-electron chi connectivity index (χ1n) is 7.42. The minimum atomic E-state index is -2.79. The molecule has 0 bridgehead atoms. The van der Waals surface area contributed by atoms with Crippen molar-refractivity contribution in [2.24, 2.45) is 11.8 Å². The fourth-order valence-electron chi connectivity index (χ4n) is 2.88. The Hall–Kier alpha value is -0.680. The maximum atomic E-state index is 12.4. The van der Waals surface area contributed by atoms with E-state index in [1.165, 1.54) is 6.42 Å². The topological polar surface area (TPSA) is 21.3 Å². The van der Waals surface area contributed by atoms with Gasteiger partial charge in [0.25, 0.3) is 0 Å². The second-order valence-electron chi connectivity index (χ2n) is 5.98. The molecule has 21 heavy (non-hydrogen) atoms.